The van der Waals surface area contributed by atoms with E-state index in [1.807, 2.05) is 0 Å². The van der Waals surface area contributed by atoms with Gasteiger partial charge in [-0.05, 0) is 6.07 Å². The SMILES string of the molecule is Nc1cnc(Cl)c(C(=O)NCC(O)CO)c1. The van der Waals surface area contributed by atoms with Crippen LogP contribution in [0.25, 0.3) is 0 Å². The van der Waals surface area contributed by atoms with Crippen LogP contribution in [0.2, 0.25) is 5.15 Å². The highest BCUT2D eigenvalue weighted by Gasteiger charge is 2.12. The maximum absolute atomic E-state index is 11.6. The summed E-state index contributed by atoms with van der Waals surface area (Å²) in [4.78, 5) is 15.3. The van der Waals surface area contributed by atoms with Gasteiger partial charge in [-0.15, -0.1) is 0 Å². The Labute approximate surface area is 97.1 Å². The van der Waals surface area contributed by atoms with Crippen molar-refractivity contribution in [2.24, 2.45) is 0 Å². The van der Waals surface area contributed by atoms with Crippen molar-refractivity contribution in [3.63, 3.8) is 0 Å². The van der Waals surface area contributed by atoms with Gasteiger partial charge in [0, 0.05) is 6.54 Å². The van der Waals surface area contributed by atoms with Gasteiger partial charge in [-0.2, -0.15) is 0 Å². The molecule has 0 fully saturated rings. The molecule has 1 aromatic heterocycles. The molecule has 88 valence electrons. The molecule has 0 spiro atoms. The van der Waals surface area contributed by atoms with Crippen LogP contribution < -0.4 is 11.1 Å². The minimum Gasteiger partial charge on any atom is -0.397 e. The molecule has 1 amide bonds. The van der Waals surface area contributed by atoms with Gasteiger partial charge in [0.2, 0.25) is 0 Å². The van der Waals surface area contributed by atoms with Crippen molar-refractivity contribution < 1.29 is 15.0 Å². The second-order valence-corrected chi connectivity index (χ2v) is 3.51. The molecule has 0 saturated heterocycles. The molecule has 1 aromatic rings. The number of pyridine rings is 1. The lowest BCUT2D eigenvalue weighted by Gasteiger charge is -2.09. The van der Waals surface area contributed by atoms with E-state index in [0.29, 0.717) is 5.69 Å². The van der Waals surface area contributed by atoms with Gasteiger partial charge >= 0.3 is 0 Å². The average molecular weight is 246 g/mol. The number of anilines is 1. The molecule has 1 rings (SSSR count). The first-order chi connectivity index (χ1) is 7.54. The summed E-state index contributed by atoms with van der Waals surface area (Å²) in [6, 6.07) is 1.38. The maximum atomic E-state index is 11.6. The van der Waals surface area contributed by atoms with Crippen LogP contribution in [0.5, 0.6) is 0 Å². The predicted molar refractivity (Wildman–Crippen MR) is 59.1 cm³/mol. The molecule has 0 radical (unpaired) electrons. The van der Waals surface area contributed by atoms with E-state index in [2.05, 4.69) is 10.3 Å². The van der Waals surface area contributed by atoms with Crippen molar-refractivity contribution >= 4 is 23.2 Å². The Bertz CT molecular complexity index is 386. The smallest absolute Gasteiger partial charge is 0.254 e. The van der Waals surface area contributed by atoms with Gasteiger partial charge in [-0.3, -0.25) is 4.79 Å². The normalized spacial score (nSPS) is 12.2. The van der Waals surface area contributed by atoms with Gasteiger partial charge in [-0.1, -0.05) is 11.6 Å². The Morgan fingerprint density at radius 2 is 2.38 bits per heavy atom. The van der Waals surface area contributed by atoms with Gasteiger partial charge in [0.1, 0.15) is 5.15 Å². The van der Waals surface area contributed by atoms with Crippen LogP contribution in [0.15, 0.2) is 12.3 Å². The number of hydrogen-bond acceptors (Lipinski definition) is 5. The van der Waals surface area contributed by atoms with Crippen LogP contribution in [0, 0.1) is 0 Å². The Morgan fingerprint density at radius 1 is 1.69 bits per heavy atom. The first kappa shape index (κ1) is 12.7. The van der Waals surface area contributed by atoms with Crippen LogP contribution in [0.3, 0.4) is 0 Å². The van der Waals surface area contributed by atoms with E-state index in [1.165, 1.54) is 12.3 Å². The number of nitrogen functional groups attached to an aromatic ring is 1. The molecule has 1 unspecified atom stereocenters. The fourth-order valence-corrected chi connectivity index (χ4v) is 1.18. The zero-order valence-corrected chi connectivity index (χ0v) is 9.11. The second-order valence-electron chi connectivity index (χ2n) is 3.15. The van der Waals surface area contributed by atoms with Gasteiger partial charge in [0.25, 0.3) is 5.91 Å². The molecule has 1 heterocycles. The number of nitrogens with two attached hydrogens (primary N) is 1. The fraction of sp³-hybridized carbons (Fsp3) is 0.333. The molecular weight excluding hydrogens is 234 g/mol. The Kier molecular flexibility index (Phi) is 4.48. The Morgan fingerprint density at radius 3 is 3.00 bits per heavy atom. The summed E-state index contributed by atoms with van der Waals surface area (Å²) in [7, 11) is 0. The molecule has 0 aromatic carbocycles. The van der Waals surface area contributed by atoms with Crippen molar-refractivity contribution in [3.8, 4) is 0 Å². The highest BCUT2D eigenvalue weighted by atomic mass is 35.5. The molecule has 0 saturated carbocycles. The fourth-order valence-electron chi connectivity index (χ4n) is 0.994. The molecule has 6 nitrogen and oxygen atoms in total. The molecular formula is C9H12ClN3O3. The quantitative estimate of drug-likeness (QED) is 0.530. The van der Waals surface area contributed by atoms with Crippen molar-refractivity contribution in [3.05, 3.63) is 23.0 Å². The number of hydrogen-bond donors (Lipinski definition) is 4. The highest BCUT2D eigenvalue weighted by Crippen LogP contribution is 2.15. The van der Waals surface area contributed by atoms with E-state index in [4.69, 9.17) is 27.5 Å². The van der Waals surface area contributed by atoms with Crippen molar-refractivity contribution in [2.45, 2.75) is 6.10 Å². The average Bonchev–Trinajstić information content (AvgIpc) is 2.28. The predicted octanol–water partition coefficient (Wildman–Crippen LogP) is -0.600. The molecule has 0 aliphatic heterocycles. The summed E-state index contributed by atoms with van der Waals surface area (Å²) in [6.07, 6.45) is 0.332. The number of aliphatic hydroxyl groups is 2. The van der Waals surface area contributed by atoms with Crippen LogP contribution in [-0.4, -0.2) is 40.4 Å². The molecule has 5 N–H and O–H groups in total. The first-order valence-corrected chi connectivity index (χ1v) is 4.90. The van der Waals surface area contributed by atoms with Gasteiger partial charge < -0.3 is 21.3 Å². The third-order valence-electron chi connectivity index (χ3n) is 1.81. The minimum absolute atomic E-state index is 0.0326. The standard InChI is InChI=1S/C9H12ClN3O3/c10-8-7(1-5(11)2-12-8)9(16)13-3-6(15)4-14/h1-2,6,14-15H,3-4,11H2,(H,13,16). The molecule has 0 aliphatic rings. The lowest BCUT2D eigenvalue weighted by atomic mass is 10.2. The van der Waals surface area contributed by atoms with Crippen molar-refractivity contribution in [1.29, 1.82) is 0 Å². The summed E-state index contributed by atoms with van der Waals surface area (Å²) in [5.74, 6) is -0.502. The number of carbonyl (C=O) groups is 1. The van der Waals surface area contributed by atoms with E-state index >= 15 is 0 Å². The monoisotopic (exact) mass is 245 g/mol. The molecule has 1 atom stereocenters. The third-order valence-corrected chi connectivity index (χ3v) is 2.12. The molecule has 0 bridgehead atoms. The van der Waals surface area contributed by atoms with E-state index in [0.717, 1.165) is 0 Å². The summed E-state index contributed by atoms with van der Waals surface area (Å²) in [5, 5.41) is 20.0. The number of aliphatic hydroxyl groups excluding tert-OH is 2. The summed E-state index contributed by atoms with van der Waals surface area (Å²) < 4.78 is 0. The van der Waals surface area contributed by atoms with E-state index in [1.54, 1.807) is 0 Å². The van der Waals surface area contributed by atoms with E-state index < -0.39 is 18.6 Å². The highest BCUT2D eigenvalue weighted by molar-refractivity contribution is 6.32. The molecule has 7 heteroatoms. The minimum atomic E-state index is -1.00. The summed E-state index contributed by atoms with van der Waals surface area (Å²) >= 11 is 5.70. The lowest BCUT2D eigenvalue weighted by molar-refractivity contribution is 0.0802. The maximum Gasteiger partial charge on any atom is 0.254 e. The second kappa shape index (κ2) is 5.64. The Balaban J connectivity index is 2.69. The Hall–Kier alpha value is -1.37. The van der Waals surface area contributed by atoms with Gasteiger partial charge in [0.15, 0.2) is 0 Å². The van der Waals surface area contributed by atoms with Crippen LogP contribution in [0.4, 0.5) is 5.69 Å². The number of amides is 1. The van der Waals surface area contributed by atoms with E-state index in [9.17, 15) is 4.79 Å². The zero-order valence-electron chi connectivity index (χ0n) is 8.35. The number of rotatable bonds is 4. The number of aromatic nitrogens is 1. The van der Waals surface area contributed by atoms with Crippen LogP contribution in [-0.2, 0) is 0 Å². The molecule has 16 heavy (non-hydrogen) atoms. The number of halogens is 1. The number of nitrogens with one attached hydrogen (secondary N) is 1. The lowest BCUT2D eigenvalue weighted by Crippen LogP contribution is -2.34. The number of carbonyl (C=O) groups excluding carboxylic acids is 1. The van der Waals surface area contributed by atoms with Crippen LogP contribution >= 0.6 is 11.6 Å². The van der Waals surface area contributed by atoms with E-state index in [-0.39, 0.29) is 17.3 Å². The molecule has 0 aliphatic carbocycles. The summed E-state index contributed by atoms with van der Waals surface area (Å²) in [6.45, 7) is -0.496. The zero-order chi connectivity index (χ0) is 12.1. The third kappa shape index (κ3) is 3.34. The summed E-state index contributed by atoms with van der Waals surface area (Å²) in [5.41, 5.74) is 5.91. The van der Waals surface area contributed by atoms with Gasteiger partial charge in [-0.25, -0.2) is 4.98 Å². The number of nitrogens with zero attached hydrogens (tertiary/aromatic N) is 1. The van der Waals surface area contributed by atoms with Crippen molar-refractivity contribution in [1.82, 2.24) is 10.3 Å². The van der Waals surface area contributed by atoms with Crippen LogP contribution in [0.1, 0.15) is 10.4 Å². The topological polar surface area (TPSA) is 108 Å². The largest absolute Gasteiger partial charge is 0.397 e. The first-order valence-electron chi connectivity index (χ1n) is 4.52. The van der Waals surface area contributed by atoms with Crippen molar-refractivity contribution in [2.75, 3.05) is 18.9 Å². The van der Waals surface area contributed by atoms with Gasteiger partial charge in [0.05, 0.1) is 30.2 Å².